The van der Waals surface area contributed by atoms with Gasteiger partial charge in [-0.05, 0) is 54.1 Å². The number of aryl methyl sites for hydroxylation is 1. The van der Waals surface area contributed by atoms with Crippen molar-refractivity contribution in [3.63, 3.8) is 0 Å². The van der Waals surface area contributed by atoms with Gasteiger partial charge in [-0.2, -0.15) is 4.98 Å². The zero-order chi connectivity index (χ0) is 21.8. The number of benzene rings is 3. The number of aromatic nitrogens is 1. The standard InChI is InChI=1S/C23H19ClN2O4S/c1-16-26-23(31(27,28)21-12-10-18(24)11-13-21)22(29-16)25-15-17-6-5-9-20(14-17)30-19-7-3-2-4-8-19/h2-14,25H,15H2,1H3. The predicted molar refractivity (Wildman–Crippen MR) is 118 cm³/mol. The van der Waals surface area contributed by atoms with Crippen LogP contribution in [0.3, 0.4) is 0 Å². The summed E-state index contributed by atoms with van der Waals surface area (Å²) < 4.78 is 37.4. The number of nitrogens with one attached hydrogen (secondary N) is 1. The van der Waals surface area contributed by atoms with Crippen LogP contribution in [-0.4, -0.2) is 13.4 Å². The van der Waals surface area contributed by atoms with Crippen LogP contribution < -0.4 is 10.1 Å². The molecule has 4 aromatic rings. The van der Waals surface area contributed by atoms with Crippen molar-refractivity contribution in [3.8, 4) is 11.5 Å². The molecular weight excluding hydrogens is 436 g/mol. The van der Waals surface area contributed by atoms with E-state index in [9.17, 15) is 8.42 Å². The molecule has 3 aromatic carbocycles. The fourth-order valence-electron chi connectivity index (χ4n) is 2.95. The molecule has 4 rings (SSSR count). The molecule has 0 aliphatic carbocycles. The summed E-state index contributed by atoms with van der Waals surface area (Å²) in [5.41, 5.74) is 0.886. The lowest BCUT2D eigenvalue weighted by Crippen LogP contribution is -2.07. The molecule has 0 unspecified atom stereocenters. The minimum atomic E-state index is -3.87. The number of halogens is 1. The number of anilines is 1. The first-order chi connectivity index (χ1) is 14.9. The van der Waals surface area contributed by atoms with E-state index in [0.717, 1.165) is 11.3 Å². The van der Waals surface area contributed by atoms with Crippen molar-refractivity contribution in [3.05, 3.63) is 95.3 Å². The van der Waals surface area contributed by atoms with Gasteiger partial charge >= 0.3 is 0 Å². The minimum absolute atomic E-state index is 0.0850. The molecule has 0 aliphatic rings. The van der Waals surface area contributed by atoms with Crippen LogP contribution in [0.2, 0.25) is 5.02 Å². The van der Waals surface area contributed by atoms with Crippen LogP contribution in [0.4, 0.5) is 5.88 Å². The van der Waals surface area contributed by atoms with Gasteiger partial charge in [0.25, 0.3) is 0 Å². The Labute approximate surface area is 185 Å². The van der Waals surface area contributed by atoms with Crippen LogP contribution in [0.5, 0.6) is 11.5 Å². The molecule has 1 N–H and O–H groups in total. The molecular formula is C23H19ClN2O4S. The number of ether oxygens (including phenoxy) is 1. The van der Waals surface area contributed by atoms with Crippen LogP contribution in [0.1, 0.15) is 11.5 Å². The molecule has 0 radical (unpaired) electrons. The van der Waals surface area contributed by atoms with Gasteiger partial charge in [0.15, 0.2) is 5.89 Å². The quantitative estimate of drug-likeness (QED) is 0.376. The predicted octanol–water partition coefficient (Wildman–Crippen LogP) is 5.87. The second kappa shape index (κ2) is 8.83. The second-order valence-electron chi connectivity index (χ2n) is 6.74. The van der Waals surface area contributed by atoms with Crippen molar-refractivity contribution >= 4 is 27.3 Å². The molecule has 1 heterocycles. The maximum absolute atomic E-state index is 13.0. The van der Waals surface area contributed by atoms with Gasteiger partial charge in [0, 0.05) is 18.5 Å². The fourth-order valence-corrected chi connectivity index (χ4v) is 4.40. The number of rotatable bonds is 7. The van der Waals surface area contributed by atoms with E-state index in [2.05, 4.69) is 10.3 Å². The van der Waals surface area contributed by atoms with E-state index >= 15 is 0 Å². The molecule has 0 atom stereocenters. The number of sulfone groups is 1. The van der Waals surface area contributed by atoms with Crippen LogP contribution in [-0.2, 0) is 16.4 Å². The van der Waals surface area contributed by atoms with Gasteiger partial charge in [0.2, 0.25) is 20.7 Å². The van der Waals surface area contributed by atoms with Gasteiger partial charge in [-0.1, -0.05) is 41.9 Å². The molecule has 0 spiro atoms. The molecule has 6 nitrogen and oxygen atoms in total. The van der Waals surface area contributed by atoms with Gasteiger partial charge in [-0.3, -0.25) is 0 Å². The Morgan fingerprint density at radius 2 is 1.68 bits per heavy atom. The van der Waals surface area contributed by atoms with Gasteiger partial charge in [0.05, 0.1) is 4.90 Å². The first-order valence-electron chi connectivity index (χ1n) is 9.45. The van der Waals surface area contributed by atoms with Gasteiger partial charge in [0.1, 0.15) is 11.5 Å². The summed E-state index contributed by atoms with van der Waals surface area (Å²) in [5, 5.41) is 3.33. The van der Waals surface area contributed by atoms with Crippen LogP contribution in [0, 0.1) is 6.92 Å². The first kappa shape index (κ1) is 21.0. The Bertz CT molecular complexity index is 1290. The summed E-state index contributed by atoms with van der Waals surface area (Å²) in [6.45, 7) is 1.92. The summed E-state index contributed by atoms with van der Waals surface area (Å²) in [6, 6.07) is 22.9. The molecule has 0 bridgehead atoms. The Morgan fingerprint density at radius 3 is 2.42 bits per heavy atom. The lowest BCUT2D eigenvalue weighted by atomic mass is 10.2. The molecule has 0 fully saturated rings. The van der Waals surface area contributed by atoms with Crippen LogP contribution >= 0.6 is 11.6 Å². The summed E-state index contributed by atoms with van der Waals surface area (Å²) in [6.07, 6.45) is 0. The normalized spacial score (nSPS) is 11.3. The van der Waals surface area contributed by atoms with Crippen LogP contribution in [0.25, 0.3) is 0 Å². The Balaban J connectivity index is 1.54. The van der Waals surface area contributed by atoms with E-state index in [1.807, 2.05) is 54.6 Å². The third-order valence-electron chi connectivity index (χ3n) is 4.41. The zero-order valence-corrected chi connectivity index (χ0v) is 18.2. The smallest absolute Gasteiger partial charge is 0.233 e. The number of hydrogen-bond acceptors (Lipinski definition) is 6. The molecule has 158 valence electrons. The maximum Gasteiger partial charge on any atom is 0.233 e. The lowest BCUT2D eigenvalue weighted by molar-refractivity contribution is 0.482. The molecule has 8 heteroatoms. The van der Waals surface area contributed by atoms with Crippen LogP contribution in [0.15, 0.2) is 93.2 Å². The topological polar surface area (TPSA) is 81.4 Å². The van der Waals surface area contributed by atoms with Crippen molar-refractivity contribution in [2.45, 2.75) is 23.4 Å². The average Bonchev–Trinajstić information content (AvgIpc) is 3.15. The van der Waals surface area contributed by atoms with Crippen molar-refractivity contribution in [2.75, 3.05) is 5.32 Å². The zero-order valence-electron chi connectivity index (χ0n) is 16.6. The summed E-state index contributed by atoms with van der Waals surface area (Å²) >= 11 is 5.87. The van der Waals surface area contributed by atoms with Gasteiger partial charge in [-0.25, -0.2) is 8.42 Å². The largest absolute Gasteiger partial charge is 0.457 e. The first-order valence-corrected chi connectivity index (χ1v) is 11.3. The van der Waals surface area contributed by atoms with E-state index in [1.54, 1.807) is 6.92 Å². The Morgan fingerprint density at radius 1 is 0.968 bits per heavy atom. The SMILES string of the molecule is Cc1nc(S(=O)(=O)c2ccc(Cl)cc2)c(NCc2cccc(Oc3ccccc3)c2)o1. The van der Waals surface area contributed by atoms with E-state index < -0.39 is 9.84 Å². The highest BCUT2D eigenvalue weighted by Crippen LogP contribution is 2.29. The monoisotopic (exact) mass is 454 g/mol. The van der Waals surface area contributed by atoms with E-state index in [-0.39, 0.29) is 21.7 Å². The molecule has 0 amide bonds. The number of nitrogens with zero attached hydrogens (tertiary/aromatic N) is 1. The van der Waals surface area contributed by atoms with Crippen molar-refractivity contribution < 1.29 is 17.6 Å². The minimum Gasteiger partial charge on any atom is -0.457 e. The van der Waals surface area contributed by atoms with E-state index in [4.69, 9.17) is 20.8 Å². The highest BCUT2D eigenvalue weighted by molar-refractivity contribution is 7.91. The third-order valence-corrected chi connectivity index (χ3v) is 6.34. The fraction of sp³-hybridized carbons (Fsp3) is 0.0870. The number of hydrogen-bond donors (Lipinski definition) is 1. The van der Waals surface area contributed by atoms with Gasteiger partial charge in [-0.15, -0.1) is 0 Å². The summed E-state index contributed by atoms with van der Waals surface area (Å²) in [7, 11) is -3.87. The molecule has 0 saturated carbocycles. The third kappa shape index (κ3) is 4.90. The molecule has 31 heavy (non-hydrogen) atoms. The molecule has 0 saturated heterocycles. The summed E-state index contributed by atoms with van der Waals surface area (Å²) in [4.78, 5) is 4.18. The average molecular weight is 455 g/mol. The van der Waals surface area contributed by atoms with Crippen molar-refractivity contribution in [1.82, 2.24) is 4.98 Å². The van der Waals surface area contributed by atoms with E-state index in [1.165, 1.54) is 24.3 Å². The summed E-state index contributed by atoms with van der Waals surface area (Å²) in [5.74, 6) is 1.74. The molecule has 0 aliphatic heterocycles. The van der Waals surface area contributed by atoms with Gasteiger partial charge < -0.3 is 14.5 Å². The Kier molecular flexibility index (Phi) is 5.97. The number of para-hydroxylation sites is 1. The Hall–Kier alpha value is -3.29. The van der Waals surface area contributed by atoms with Crippen molar-refractivity contribution in [1.29, 1.82) is 0 Å². The number of oxazole rings is 1. The molecule has 1 aromatic heterocycles. The second-order valence-corrected chi connectivity index (χ2v) is 9.04. The lowest BCUT2D eigenvalue weighted by Gasteiger charge is -2.09. The highest BCUT2D eigenvalue weighted by atomic mass is 35.5. The van der Waals surface area contributed by atoms with Crippen molar-refractivity contribution in [2.24, 2.45) is 0 Å². The maximum atomic E-state index is 13.0. The van der Waals surface area contributed by atoms with E-state index in [0.29, 0.717) is 17.3 Å². The highest BCUT2D eigenvalue weighted by Gasteiger charge is 2.27.